The summed E-state index contributed by atoms with van der Waals surface area (Å²) in [6, 6.07) is 7.43. The molecule has 6 nitrogen and oxygen atoms in total. The highest BCUT2D eigenvalue weighted by Crippen LogP contribution is 2.32. The van der Waals surface area contributed by atoms with Gasteiger partial charge in [0.25, 0.3) is 0 Å². The van der Waals surface area contributed by atoms with E-state index in [-0.39, 0.29) is 6.79 Å². The maximum absolute atomic E-state index is 5.57. The van der Waals surface area contributed by atoms with Crippen LogP contribution in [-0.4, -0.2) is 16.8 Å². The molecular formula is C12H12N4O2. The zero-order valence-electron chi connectivity index (χ0n) is 9.59. The number of rotatable bonds is 3. The molecule has 1 aromatic carbocycles. The first-order valence-corrected chi connectivity index (χ1v) is 5.52. The maximum Gasteiger partial charge on any atom is 0.231 e. The number of nitrogens with zero attached hydrogens (tertiary/aromatic N) is 2. The molecule has 0 bridgehead atoms. The summed E-state index contributed by atoms with van der Waals surface area (Å²) in [6.45, 7) is 0.880. The average Bonchev–Trinajstić information content (AvgIpc) is 2.84. The van der Waals surface area contributed by atoms with Gasteiger partial charge in [-0.05, 0) is 23.8 Å². The van der Waals surface area contributed by atoms with Crippen LogP contribution in [0.3, 0.4) is 0 Å². The van der Waals surface area contributed by atoms with Crippen LogP contribution < -0.4 is 20.5 Å². The second-order valence-corrected chi connectivity index (χ2v) is 3.85. The lowest BCUT2D eigenvalue weighted by Gasteiger charge is -2.05. The largest absolute Gasteiger partial charge is 0.454 e. The van der Waals surface area contributed by atoms with Crippen LogP contribution in [0.2, 0.25) is 0 Å². The lowest BCUT2D eigenvalue weighted by atomic mass is 10.2. The van der Waals surface area contributed by atoms with Gasteiger partial charge < -0.3 is 20.5 Å². The molecule has 0 atom stereocenters. The molecule has 3 N–H and O–H groups in total. The van der Waals surface area contributed by atoms with E-state index in [1.54, 1.807) is 12.3 Å². The van der Waals surface area contributed by atoms with Crippen molar-refractivity contribution in [3.8, 4) is 11.5 Å². The summed E-state index contributed by atoms with van der Waals surface area (Å²) in [5.41, 5.74) is 6.63. The van der Waals surface area contributed by atoms with Crippen LogP contribution in [0, 0.1) is 0 Å². The third kappa shape index (κ3) is 2.13. The van der Waals surface area contributed by atoms with E-state index in [1.165, 1.54) is 0 Å². The zero-order valence-corrected chi connectivity index (χ0v) is 9.59. The lowest BCUT2D eigenvalue weighted by Crippen LogP contribution is -2.04. The van der Waals surface area contributed by atoms with Crippen LogP contribution in [0.15, 0.2) is 30.5 Å². The summed E-state index contributed by atoms with van der Waals surface area (Å²) in [6.07, 6.45) is 1.62. The highest BCUT2D eigenvalue weighted by molar-refractivity contribution is 5.45. The molecule has 92 valence electrons. The topological polar surface area (TPSA) is 82.3 Å². The monoisotopic (exact) mass is 244 g/mol. The Balaban J connectivity index is 1.70. The predicted octanol–water partition coefficient (Wildman–Crippen LogP) is 1.40. The van der Waals surface area contributed by atoms with Crippen molar-refractivity contribution < 1.29 is 9.47 Å². The molecule has 1 aliphatic rings. The second kappa shape index (κ2) is 4.40. The Morgan fingerprint density at radius 1 is 1.22 bits per heavy atom. The van der Waals surface area contributed by atoms with Gasteiger partial charge in [0.15, 0.2) is 11.5 Å². The van der Waals surface area contributed by atoms with Gasteiger partial charge in [0.05, 0.1) is 0 Å². The van der Waals surface area contributed by atoms with Crippen LogP contribution in [0.5, 0.6) is 11.5 Å². The molecule has 0 unspecified atom stereocenters. The smallest absolute Gasteiger partial charge is 0.231 e. The fourth-order valence-electron chi connectivity index (χ4n) is 1.69. The molecule has 0 fully saturated rings. The lowest BCUT2D eigenvalue weighted by molar-refractivity contribution is 0.174. The van der Waals surface area contributed by atoms with Gasteiger partial charge in [-0.15, -0.1) is 0 Å². The molecule has 2 aromatic rings. The Hall–Kier alpha value is -2.50. The summed E-state index contributed by atoms with van der Waals surface area (Å²) >= 11 is 0. The highest BCUT2D eigenvalue weighted by atomic mass is 16.7. The van der Waals surface area contributed by atoms with Gasteiger partial charge in [0.1, 0.15) is 5.82 Å². The van der Waals surface area contributed by atoms with Crippen molar-refractivity contribution in [1.82, 2.24) is 9.97 Å². The van der Waals surface area contributed by atoms with Gasteiger partial charge >= 0.3 is 0 Å². The predicted molar refractivity (Wildman–Crippen MR) is 66.3 cm³/mol. The number of aromatic nitrogens is 2. The molecule has 0 amide bonds. The van der Waals surface area contributed by atoms with Crippen LogP contribution in [0.25, 0.3) is 0 Å². The number of nitrogen functional groups attached to an aromatic ring is 1. The molecule has 2 heterocycles. The molecule has 18 heavy (non-hydrogen) atoms. The molecule has 0 aliphatic carbocycles. The first-order chi connectivity index (χ1) is 8.81. The first kappa shape index (κ1) is 10.6. The Labute approximate surface area is 104 Å². The number of hydrogen-bond acceptors (Lipinski definition) is 6. The summed E-state index contributed by atoms with van der Waals surface area (Å²) in [4.78, 5) is 8.13. The molecule has 3 rings (SSSR count). The van der Waals surface area contributed by atoms with Gasteiger partial charge in [0, 0.05) is 12.7 Å². The van der Waals surface area contributed by atoms with Crippen molar-refractivity contribution in [3.63, 3.8) is 0 Å². The Bertz CT molecular complexity index is 574. The van der Waals surface area contributed by atoms with E-state index in [0.717, 1.165) is 17.1 Å². The van der Waals surface area contributed by atoms with Crippen LogP contribution in [0.4, 0.5) is 11.8 Å². The number of nitrogens with two attached hydrogens (primary N) is 1. The minimum Gasteiger partial charge on any atom is -0.454 e. The molecule has 6 heteroatoms. The normalized spacial score (nSPS) is 12.4. The molecule has 1 aliphatic heterocycles. The van der Waals surface area contributed by atoms with E-state index in [1.807, 2.05) is 18.2 Å². The fourth-order valence-corrected chi connectivity index (χ4v) is 1.69. The van der Waals surface area contributed by atoms with Crippen molar-refractivity contribution in [3.05, 3.63) is 36.0 Å². The minimum atomic E-state index is 0.282. The van der Waals surface area contributed by atoms with Crippen molar-refractivity contribution in [1.29, 1.82) is 0 Å². The van der Waals surface area contributed by atoms with E-state index >= 15 is 0 Å². The Kier molecular flexibility index (Phi) is 2.60. The standard InChI is InChI=1S/C12H12N4O2/c13-11-3-4-14-12(16-11)15-6-8-1-2-9-10(5-8)18-7-17-9/h1-5H,6-7H2,(H3,13,14,15,16). The second-order valence-electron chi connectivity index (χ2n) is 3.85. The first-order valence-electron chi connectivity index (χ1n) is 5.52. The Morgan fingerprint density at radius 2 is 2.11 bits per heavy atom. The van der Waals surface area contributed by atoms with Crippen LogP contribution in [0.1, 0.15) is 5.56 Å². The van der Waals surface area contributed by atoms with Gasteiger partial charge in [-0.2, -0.15) is 4.98 Å². The number of fused-ring (bicyclic) bond motifs is 1. The number of benzene rings is 1. The molecule has 0 radical (unpaired) electrons. The number of ether oxygens (including phenoxy) is 2. The van der Waals surface area contributed by atoms with E-state index in [9.17, 15) is 0 Å². The van der Waals surface area contributed by atoms with Crippen LogP contribution >= 0.6 is 0 Å². The van der Waals surface area contributed by atoms with Gasteiger partial charge in [-0.25, -0.2) is 4.98 Å². The quantitative estimate of drug-likeness (QED) is 0.849. The molecule has 0 saturated heterocycles. The average molecular weight is 244 g/mol. The van der Waals surface area contributed by atoms with E-state index < -0.39 is 0 Å². The maximum atomic E-state index is 5.57. The van der Waals surface area contributed by atoms with E-state index in [4.69, 9.17) is 15.2 Å². The molecule has 0 saturated carbocycles. The van der Waals surface area contributed by atoms with Crippen molar-refractivity contribution in [2.24, 2.45) is 0 Å². The van der Waals surface area contributed by atoms with Crippen molar-refractivity contribution in [2.75, 3.05) is 17.8 Å². The number of anilines is 2. The summed E-state index contributed by atoms with van der Waals surface area (Å²) in [5, 5.41) is 3.09. The van der Waals surface area contributed by atoms with Gasteiger partial charge in [-0.1, -0.05) is 6.07 Å². The molecule has 0 spiro atoms. The third-order valence-corrected chi connectivity index (χ3v) is 2.56. The number of nitrogens with one attached hydrogen (secondary N) is 1. The number of hydrogen-bond donors (Lipinski definition) is 2. The van der Waals surface area contributed by atoms with Crippen molar-refractivity contribution in [2.45, 2.75) is 6.54 Å². The van der Waals surface area contributed by atoms with E-state index in [2.05, 4.69) is 15.3 Å². The highest BCUT2D eigenvalue weighted by Gasteiger charge is 2.12. The molecule has 1 aromatic heterocycles. The fraction of sp³-hybridized carbons (Fsp3) is 0.167. The van der Waals surface area contributed by atoms with Gasteiger partial charge in [0.2, 0.25) is 12.7 Å². The summed E-state index contributed by atoms with van der Waals surface area (Å²) in [5.74, 6) is 2.49. The van der Waals surface area contributed by atoms with Gasteiger partial charge in [-0.3, -0.25) is 0 Å². The Morgan fingerprint density at radius 3 is 3.00 bits per heavy atom. The summed E-state index contributed by atoms with van der Waals surface area (Å²) in [7, 11) is 0. The van der Waals surface area contributed by atoms with Crippen LogP contribution in [-0.2, 0) is 6.54 Å². The molecular weight excluding hydrogens is 232 g/mol. The SMILES string of the molecule is Nc1ccnc(NCc2ccc3c(c2)OCO3)n1. The zero-order chi connectivity index (χ0) is 12.4. The van der Waals surface area contributed by atoms with E-state index in [0.29, 0.717) is 18.3 Å². The van der Waals surface area contributed by atoms with Crippen molar-refractivity contribution >= 4 is 11.8 Å². The minimum absolute atomic E-state index is 0.282. The third-order valence-electron chi connectivity index (χ3n) is 2.56. The summed E-state index contributed by atoms with van der Waals surface area (Å²) < 4.78 is 10.6.